The van der Waals surface area contributed by atoms with E-state index in [0.29, 0.717) is 5.92 Å². The first-order valence-electron chi connectivity index (χ1n) is 6.74. The van der Waals surface area contributed by atoms with Gasteiger partial charge in [-0.05, 0) is 30.5 Å². The van der Waals surface area contributed by atoms with E-state index in [9.17, 15) is 0 Å². The van der Waals surface area contributed by atoms with Crippen molar-refractivity contribution in [2.45, 2.75) is 26.8 Å². The Morgan fingerprint density at radius 1 is 1.26 bits per heavy atom. The predicted octanol–water partition coefficient (Wildman–Crippen LogP) is 3.50. The van der Waals surface area contributed by atoms with Crippen molar-refractivity contribution < 1.29 is 9.47 Å². The summed E-state index contributed by atoms with van der Waals surface area (Å²) in [7, 11) is 1.67. The Kier molecular flexibility index (Phi) is 7.87. The maximum absolute atomic E-state index is 5.98. The van der Waals surface area contributed by atoms with Gasteiger partial charge in [0.1, 0.15) is 5.75 Å². The van der Waals surface area contributed by atoms with Crippen molar-refractivity contribution in [3.05, 3.63) is 28.8 Å². The Bertz CT molecular complexity index is 369. The lowest BCUT2D eigenvalue weighted by molar-refractivity contribution is 0.125. The average Bonchev–Trinajstić information content (AvgIpc) is 2.37. The van der Waals surface area contributed by atoms with E-state index in [-0.39, 0.29) is 0 Å². The number of hydrogen-bond acceptors (Lipinski definition) is 3. The zero-order valence-electron chi connectivity index (χ0n) is 12.0. The maximum atomic E-state index is 5.98. The molecule has 0 spiro atoms. The van der Waals surface area contributed by atoms with E-state index in [1.807, 2.05) is 18.2 Å². The van der Waals surface area contributed by atoms with E-state index in [4.69, 9.17) is 21.1 Å². The molecule has 0 fully saturated rings. The second-order valence-electron chi connectivity index (χ2n) is 4.93. The van der Waals surface area contributed by atoms with Crippen LogP contribution >= 0.6 is 11.6 Å². The summed E-state index contributed by atoms with van der Waals surface area (Å²) in [4.78, 5) is 0. The number of ether oxygens (including phenoxy) is 2. The fourth-order valence-corrected chi connectivity index (χ4v) is 1.87. The van der Waals surface area contributed by atoms with Gasteiger partial charge in [0.15, 0.2) is 0 Å². The van der Waals surface area contributed by atoms with Crippen molar-refractivity contribution in [2.24, 2.45) is 5.92 Å². The summed E-state index contributed by atoms with van der Waals surface area (Å²) < 4.78 is 10.8. The Hall–Kier alpha value is -0.770. The van der Waals surface area contributed by atoms with Crippen LogP contribution in [0.25, 0.3) is 0 Å². The van der Waals surface area contributed by atoms with E-state index in [1.54, 1.807) is 7.11 Å². The van der Waals surface area contributed by atoms with Crippen molar-refractivity contribution in [1.29, 1.82) is 0 Å². The molecule has 0 unspecified atom stereocenters. The molecule has 1 rings (SSSR count). The van der Waals surface area contributed by atoms with Crippen LogP contribution in [-0.2, 0) is 11.3 Å². The molecule has 0 aliphatic rings. The van der Waals surface area contributed by atoms with Crippen LogP contribution in [0.3, 0.4) is 0 Å². The van der Waals surface area contributed by atoms with Gasteiger partial charge < -0.3 is 14.8 Å². The number of benzene rings is 1. The molecule has 1 aromatic carbocycles. The van der Waals surface area contributed by atoms with Gasteiger partial charge in [0.05, 0.1) is 13.7 Å². The molecule has 0 saturated carbocycles. The second kappa shape index (κ2) is 9.18. The third kappa shape index (κ3) is 6.81. The topological polar surface area (TPSA) is 30.5 Å². The summed E-state index contributed by atoms with van der Waals surface area (Å²) in [5.41, 5.74) is 1.07. The molecule has 0 atom stereocenters. The van der Waals surface area contributed by atoms with Crippen LogP contribution in [-0.4, -0.2) is 26.9 Å². The lowest BCUT2D eigenvalue weighted by Crippen LogP contribution is -2.20. The van der Waals surface area contributed by atoms with Gasteiger partial charge in [-0.1, -0.05) is 25.4 Å². The number of nitrogens with one attached hydrogen (secondary N) is 1. The number of hydrogen-bond donors (Lipinski definition) is 1. The van der Waals surface area contributed by atoms with Crippen LogP contribution in [0.2, 0.25) is 5.02 Å². The normalized spacial score (nSPS) is 11.0. The summed E-state index contributed by atoms with van der Waals surface area (Å²) in [6, 6.07) is 5.64. The van der Waals surface area contributed by atoms with Gasteiger partial charge in [0.25, 0.3) is 0 Å². The zero-order valence-corrected chi connectivity index (χ0v) is 12.8. The first-order valence-corrected chi connectivity index (χ1v) is 7.12. The monoisotopic (exact) mass is 285 g/mol. The van der Waals surface area contributed by atoms with Crippen LogP contribution in [0.15, 0.2) is 18.2 Å². The summed E-state index contributed by atoms with van der Waals surface area (Å²) >= 11 is 5.98. The number of rotatable bonds is 9. The third-order valence-corrected chi connectivity index (χ3v) is 3.06. The Balaban J connectivity index is 2.20. The largest absolute Gasteiger partial charge is 0.496 e. The molecular weight excluding hydrogens is 262 g/mol. The quantitative estimate of drug-likeness (QED) is 0.705. The fourth-order valence-electron chi connectivity index (χ4n) is 1.67. The molecule has 0 aliphatic heterocycles. The number of halogens is 1. The summed E-state index contributed by atoms with van der Waals surface area (Å²) in [6.45, 7) is 7.53. The minimum Gasteiger partial charge on any atom is -0.496 e. The van der Waals surface area contributed by atoms with Gasteiger partial charge in [-0.25, -0.2) is 0 Å². The molecule has 4 heteroatoms. The fraction of sp³-hybridized carbons (Fsp3) is 0.600. The second-order valence-corrected chi connectivity index (χ2v) is 5.36. The van der Waals surface area contributed by atoms with Crippen LogP contribution in [0, 0.1) is 5.92 Å². The molecule has 1 N–H and O–H groups in total. The van der Waals surface area contributed by atoms with Crippen molar-refractivity contribution in [3.63, 3.8) is 0 Å². The molecule has 0 bridgehead atoms. The highest BCUT2D eigenvalue weighted by atomic mass is 35.5. The van der Waals surface area contributed by atoms with Crippen molar-refractivity contribution in [3.8, 4) is 5.75 Å². The average molecular weight is 286 g/mol. The standard InChI is InChI=1S/C15H24ClNO2/c1-12(2)6-8-19-9-7-17-11-13-10-14(16)4-5-15(13)18-3/h4-5,10,12,17H,6-9,11H2,1-3H3. The van der Waals surface area contributed by atoms with E-state index in [0.717, 1.165) is 49.1 Å². The molecule has 0 aliphatic carbocycles. The highest BCUT2D eigenvalue weighted by molar-refractivity contribution is 6.30. The van der Waals surface area contributed by atoms with E-state index >= 15 is 0 Å². The molecule has 0 aromatic heterocycles. The van der Waals surface area contributed by atoms with Gasteiger partial charge >= 0.3 is 0 Å². The van der Waals surface area contributed by atoms with E-state index < -0.39 is 0 Å². The van der Waals surface area contributed by atoms with Crippen LogP contribution in [0.4, 0.5) is 0 Å². The van der Waals surface area contributed by atoms with Crippen LogP contribution in [0.5, 0.6) is 5.75 Å². The van der Waals surface area contributed by atoms with Gasteiger partial charge in [0, 0.05) is 30.3 Å². The molecule has 0 radical (unpaired) electrons. The van der Waals surface area contributed by atoms with Crippen LogP contribution in [0.1, 0.15) is 25.8 Å². The van der Waals surface area contributed by atoms with E-state index in [2.05, 4.69) is 19.2 Å². The molecule has 0 saturated heterocycles. The third-order valence-electron chi connectivity index (χ3n) is 2.82. The number of methoxy groups -OCH3 is 1. The van der Waals surface area contributed by atoms with Crippen molar-refractivity contribution in [2.75, 3.05) is 26.9 Å². The molecule has 108 valence electrons. The predicted molar refractivity (Wildman–Crippen MR) is 80.0 cm³/mol. The molecule has 3 nitrogen and oxygen atoms in total. The molecular formula is C15H24ClNO2. The molecule has 19 heavy (non-hydrogen) atoms. The van der Waals surface area contributed by atoms with Crippen LogP contribution < -0.4 is 10.1 Å². The summed E-state index contributed by atoms with van der Waals surface area (Å²) in [5.74, 6) is 1.56. The smallest absolute Gasteiger partial charge is 0.123 e. The van der Waals surface area contributed by atoms with Gasteiger partial charge in [0.2, 0.25) is 0 Å². The first-order chi connectivity index (χ1) is 9.13. The Labute approximate surface area is 121 Å². The van der Waals surface area contributed by atoms with Gasteiger partial charge in [-0.15, -0.1) is 0 Å². The highest BCUT2D eigenvalue weighted by Crippen LogP contribution is 2.22. The van der Waals surface area contributed by atoms with Crippen molar-refractivity contribution >= 4 is 11.6 Å². The lowest BCUT2D eigenvalue weighted by atomic mass is 10.1. The van der Waals surface area contributed by atoms with E-state index in [1.165, 1.54) is 0 Å². The highest BCUT2D eigenvalue weighted by Gasteiger charge is 2.03. The molecule has 0 amide bonds. The Morgan fingerprint density at radius 3 is 2.74 bits per heavy atom. The van der Waals surface area contributed by atoms with Gasteiger partial charge in [-0.2, -0.15) is 0 Å². The minimum absolute atomic E-state index is 0.698. The SMILES string of the molecule is COc1ccc(Cl)cc1CNCCOCCC(C)C. The Morgan fingerprint density at radius 2 is 2.05 bits per heavy atom. The van der Waals surface area contributed by atoms with Gasteiger partial charge in [-0.3, -0.25) is 0 Å². The maximum Gasteiger partial charge on any atom is 0.123 e. The molecule has 1 aromatic rings. The minimum atomic E-state index is 0.698. The summed E-state index contributed by atoms with van der Waals surface area (Å²) in [6.07, 6.45) is 1.11. The lowest BCUT2D eigenvalue weighted by Gasteiger charge is -2.10. The van der Waals surface area contributed by atoms with Crippen molar-refractivity contribution in [1.82, 2.24) is 5.32 Å². The first kappa shape index (κ1) is 16.3. The molecule has 0 heterocycles. The summed E-state index contributed by atoms with van der Waals surface area (Å²) in [5, 5.41) is 4.06. The zero-order chi connectivity index (χ0) is 14.1.